The number of urea groups is 1. The molecule has 0 atom stereocenters. The lowest BCUT2D eigenvalue weighted by atomic mass is 10.2. The summed E-state index contributed by atoms with van der Waals surface area (Å²) in [5.41, 5.74) is 1.40. The molecule has 3 rings (SSSR count). The number of halogens is 1. The number of aromatic nitrogens is 2. The van der Waals surface area contributed by atoms with E-state index in [0.29, 0.717) is 30.2 Å². The highest BCUT2D eigenvalue weighted by molar-refractivity contribution is 7.98. The molecule has 2 aromatic carbocycles. The van der Waals surface area contributed by atoms with Crippen molar-refractivity contribution >= 4 is 23.5 Å². The van der Waals surface area contributed by atoms with Crippen LogP contribution in [0.25, 0.3) is 11.5 Å². The second-order valence-corrected chi connectivity index (χ2v) is 6.74. The zero-order valence-electron chi connectivity index (χ0n) is 15.0. The van der Waals surface area contributed by atoms with Crippen LogP contribution in [0.2, 0.25) is 0 Å². The molecule has 6 nitrogen and oxygen atoms in total. The summed E-state index contributed by atoms with van der Waals surface area (Å²) < 4.78 is 18.2. The van der Waals surface area contributed by atoms with E-state index in [1.165, 1.54) is 12.1 Å². The lowest BCUT2D eigenvalue weighted by Gasteiger charge is -2.17. The third kappa shape index (κ3) is 5.07. The van der Waals surface area contributed by atoms with Crippen molar-refractivity contribution in [3.63, 3.8) is 0 Å². The van der Waals surface area contributed by atoms with E-state index in [1.54, 1.807) is 35.8 Å². The number of carbonyl (C=O) groups excluding carboxylic acids is 1. The van der Waals surface area contributed by atoms with Gasteiger partial charge in [-0.1, -0.05) is 11.2 Å². The van der Waals surface area contributed by atoms with Crippen molar-refractivity contribution in [1.29, 1.82) is 0 Å². The molecule has 27 heavy (non-hydrogen) atoms. The number of hydrogen-bond donors (Lipinski definition) is 1. The predicted octanol–water partition coefficient (Wildman–Crippen LogP) is 4.30. The van der Waals surface area contributed by atoms with Gasteiger partial charge >= 0.3 is 6.03 Å². The second kappa shape index (κ2) is 8.68. The first-order chi connectivity index (χ1) is 13.0. The molecule has 8 heteroatoms. The molecule has 0 bridgehead atoms. The molecule has 1 aromatic heterocycles. The minimum Gasteiger partial charge on any atom is -0.334 e. The number of benzene rings is 2. The van der Waals surface area contributed by atoms with Crippen molar-refractivity contribution in [2.24, 2.45) is 0 Å². The van der Waals surface area contributed by atoms with E-state index < -0.39 is 0 Å². The van der Waals surface area contributed by atoms with Crippen molar-refractivity contribution in [1.82, 2.24) is 15.0 Å². The summed E-state index contributed by atoms with van der Waals surface area (Å²) in [6, 6.07) is 13.3. The number of likely N-dealkylation sites (N-methyl/N-ethyl adjacent to an activating group) is 1. The van der Waals surface area contributed by atoms with Crippen LogP contribution in [0.3, 0.4) is 0 Å². The minimum absolute atomic E-state index is 0.212. The summed E-state index contributed by atoms with van der Waals surface area (Å²) in [5, 5.41) is 6.77. The van der Waals surface area contributed by atoms with Gasteiger partial charge < -0.3 is 14.7 Å². The Balaban J connectivity index is 1.54. The van der Waals surface area contributed by atoms with Gasteiger partial charge in [-0.2, -0.15) is 4.98 Å². The number of anilines is 1. The Morgan fingerprint density at radius 2 is 2.04 bits per heavy atom. The van der Waals surface area contributed by atoms with Crippen molar-refractivity contribution in [3.05, 3.63) is 60.2 Å². The Kier molecular flexibility index (Phi) is 6.08. The van der Waals surface area contributed by atoms with Crippen molar-refractivity contribution < 1.29 is 13.7 Å². The molecular formula is C19H19FN4O2S. The van der Waals surface area contributed by atoms with E-state index in [4.69, 9.17) is 4.52 Å². The number of rotatable bonds is 6. The lowest BCUT2D eigenvalue weighted by molar-refractivity contribution is 0.222. The van der Waals surface area contributed by atoms with Crippen LogP contribution >= 0.6 is 11.8 Å². The van der Waals surface area contributed by atoms with Crippen LogP contribution in [0.4, 0.5) is 14.9 Å². The van der Waals surface area contributed by atoms with Gasteiger partial charge in [0.1, 0.15) is 5.82 Å². The maximum atomic E-state index is 13.0. The van der Waals surface area contributed by atoms with E-state index in [2.05, 4.69) is 15.5 Å². The third-order valence-electron chi connectivity index (χ3n) is 3.90. The van der Waals surface area contributed by atoms with Gasteiger partial charge in [-0.15, -0.1) is 11.8 Å². The largest absolute Gasteiger partial charge is 0.334 e. The molecule has 3 aromatic rings. The minimum atomic E-state index is -0.325. The highest BCUT2D eigenvalue weighted by atomic mass is 32.2. The van der Waals surface area contributed by atoms with Crippen molar-refractivity contribution in [2.75, 3.05) is 25.2 Å². The van der Waals surface area contributed by atoms with Crippen molar-refractivity contribution in [2.45, 2.75) is 11.3 Å². The highest BCUT2D eigenvalue weighted by Crippen LogP contribution is 2.19. The van der Waals surface area contributed by atoms with Crippen LogP contribution in [0, 0.1) is 5.82 Å². The van der Waals surface area contributed by atoms with Gasteiger partial charge in [0.05, 0.1) is 0 Å². The number of carbonyl (C=O) groups is 1. The number of amides is 2. The molecule has 0 aliphatic rings. The number of nitrogens with zero attached hydrogens (tertiary/aromatic N) is 3. The van der Waals surface area contributed by atoms with Gasteiger partial charge in [0, 0.05) is 36.2 Å². The Morgan fingerprint density at radius 1 is 1.26 bits per heavy atom. The summed E-state index contributed by atoms with van der Waals surface area (Å²) in [5.74, 6) is 0.485. The average molecular weight is 386 g/mol. The SMILES string of the molecule is CSc1cccc(NC(=O)N(C)CCc2noc(-c3ccc(F)cc3)n2)c1. The van der Waals surface area contributed by atoms with Crippen LogP contribution in [0.5, 0.6) is 0 Å². The molecule has 0 unspecified atom stereocenters. The Morgan fingerprint density at radius 3 is 2.78 bits per heavy atom. The molecule has 0 fully saturated rings. The average Bonchev–Trinajstić information content (AvgIpc) is 3.15. The van der Waals surface area contributed by atoms with E-state index >= 15 is 0 Å². The topological polar surface area (TPSA) is 71.3 Å². The second-order valence-electron chi connectivity index (χ2n) is 5.86. The fourth-order valence-corrected chi connectivity index (χ4v) is 2.81. The first-order valence-electron chi connectivity index (χ1n) is 8.30. The van der Waals surface area contributed by atoms with Gasteiger partial charge in [-0.05, 0) is 48.7 Å². The molecule has 0 saturated carbocycles. The molecule has 1 heterocycles. The van der Waals surface area contributed by atoms with Crippen LogP contribution in [0.15, 0.2) is 57.9 Å². The van der Waals surface area contributed by atoms with Gasteiger partial charge in [-0.3, -0.25) is 0 Å². The zero-order valence-corrected chi connectivity index (χ0v) is 15.8. The molecule has 0 saturated heterocycles. The lowest BCUT2D eigenvalue weighted by Crippen LogP contribution is -2.33. The number of hydrogen-bond acceptors (Lipinski definition) is 5. The smallest absolute Gasteiger partial charge is 0.321 e. The fourth-order valence-electron chi connectivity index (χ4n) is 2.35. The third-order valence-corrected chi connectivity index (χ3v) is 4.62. The fraction of sp³-hybridized carbons (Fsp3) is 0.211. The summed E-state index contributed by atoms with van der Waals surface area (Å²) in [6.07, 6.45) is 2.43. The Bertz CT molecular complexity index is 914. The monoisotopic (exact) mass is 386 g/mol. The maximum absolute atomic E-state index is 13.0. The molecule has 0 aliphatic carbocycles. The maximum Gasteiger partial charge on any atom is 0.321 e. The van der Waals surface area contributed by atoms with Gasteiger partial charge in [0.15, 0.2) is 5.82 Å². The first-order valence-corrected chi connectivity index (χ1v) is 9.52. The van der Waals surface area contributed by atoms with Gasteiger partial charge in [0.25, 0.3) is 5.89 Å². The van der Waals surface area contributed by atoms with E-state index in [9.17, 15) is 9.18 Å². The van der Waals surface area contributed by atoms with E-state index in [0.717, 1.165) is 10.6 Å². The summed E-state index contributed by atoms with van der Waals surface area (Å²) >= 11 is 1.61. The summed E-state index contributed by atoms with van der Waals surface area (Å²) in [4.78, 5) is 19.2. The van der Waals surface area contributed by atoms with E-state index in [-0.39, 0.29) is 11.8 Å². The normalized spacial score (nSPS) is 10.6. The molecule has 1 N–H and O–H groups in total. The zero-order chi connectivity index (χ0) is 19.2. The summed E-state index contributed by atoms with van der Waals surface area (Å²) in [6.45, 7) is 0.427. The van der Waals surface area contributed by atoms with E-state index in [1.807, 2.05) is 30.5 Å². The molecule has 0 spiro atoms. The van der Waals surface area contributed by atoms with Gasteiger partial charge in [-0.25, -0.2) is 9.18 Å². The standard InChI is InChI=1S/C19H19FN4O2S/c1-24(19(25)21-15-4-3-5-16(12-15)27-2)11-10-17-22-18(26-23-17)13-6-8-14(20)9-7-13/h3-9,12H,10-11H2,1-2H3,(H,21,25). The van der Waals surface area contributed by atoms with Crippen LogP contribution in [-0.4, -0.2) is 40.9 Å². The summed E-state index contributed by atoms with van der Waals surface area (Å²) in [7, 11) is 1.70. The van der Waals surface area contributed by atoms with Crippen LogP contribution in [0.1, 0.15) is 5.82 Å². The Hall–Kier alpha value is -2.87. The number of thioether (sulfide) groups is 1. The molecule has 0 radical (unpaired) electrons. The molecule has 2 amide bonds. The highest BCUT2D eigenvalue weighted by Gasteiger charge is 2.13. The molecule has 0 aliphatic heterocycles. The van der Waals surface area contributed by atoms with Crippen LogP contribution in [-0.2, 0) is 6.42 Å². The number of nitrogens with one attached hydrogen (secondary N) is 1. The quantitative estimate of drug-likeness (QED) is 0.640. The first kappa shape index (κ1) is 18.9. The Labute approximate surface area is 160 Å². The van der Waals surface area contributed by atoms with Crippen molar-refractivity contribution in [3.8, 4) is 11.5 Å². The molecule has 140 valence electrons. The van der Waals surface area contributed by atoms with Crippen LogP contribution < -0.4 is 5.32 Å². The predicted molar refractivity (Wildman–Crippen MR) is 103 cm³/mol. The van der Waals surface area contributed by atoms with Gasteiger partial charge in [0.2, 0.25) is 0 Å². The molecular weight excluding hydrogens is 367 g/mol.